The second-order valence-corrected chi connectivity index (χ2v) is 4.66. The molecule has 1 N–H and O–H groups in total. The summed E-state index contributed by atoms with van der Waals surface area (Å²) < 4.78 is 0. The predicted octanol–water partition coefficient (Wildman–Crippen LogP) is 3.51. The number of benzene rings is 1. The number of hydrogen-bond acceptors (Lipinski definition) is 3. The molecule has 0 unspecified atom stereocenters. The van der Waals surface area contributed by atoms with Crippen LogP contribution in [0.5, 0.6) is 0 Å². The van der Waals surface area contributed by atoms with Gasteiger partial charge in [-0.25, -0.2) is 4.98 Å². The molecule has 1 aromatic carbocycles. The number of nitrogens with one attached hydrogen (secondary N) is 1. The number of carbonyl (C=O) groups excluding carboxylic acids is 1. The smallest absolute Gasteiger partial charge is 0.214 e. The van der Waals surface area contributed by atoms with E-state index >= 15 is 0 Å². The molecule has 0 aliphatic rings. The maximum Gasteiger partial charge on any atom is 0.214 e. The van der Waals surface area contributed by atoms with Crippen molar-refractivity contribution in [3.8, 4) is 0 Å². The van der Waals surface area contributed by atoms with E-state index in [0.29, 0.717) is 6.54 Å². The molecule has 2 aromatic rings. The van der Waals surface area contributed by atoms with Crippen LogP contribution in [0.15, 0.2) is 42.6 Å². The number of aromatic nitrogens is 1. The van der Waals surface area contributed by atoms with Gasteiger partial charge in [-0.3, -0.25) is 4.79 Å². The van der Waals surface area contributed by atoms with Crippen molar-refractivity contribution in [1.29, 1.82) is 0 Å². The van der Waals surface area contributed by atoms with Gasteiger partial charge in [0, 0.05) is 12.7 Å². The van der Waals surface area contributed by atoms with Crippen LogP contribution >= 0.6 is 0 Å². The van der Waals surface area contributed by atoms with Gasteiger partial charge >= 0.3 is 0 Å². The monoisotopic (exact) mass is 269 g/mol. The molecule has 0 aliphatic carbocycles. The summed E-state index contributed by atoms with van der Waals surface area (Å²) in [6.07, 6.45) is 3.59. The molecule has 4 nitrogen and oxygen atoms in total. The highest BCUT2D eigenvalue weighted by Crippen LogP contribution is 2.27. The van der Waals surface area contributed by atoms with E-state index < -0.39 is 0 Å². The fourth-order valence-electron chi connectivity index (χ4n) is 1.98. The standard InChI is InChI=1S/C16H19N3O/c1-3-10-19(12-20)15-7-5-4-6-14(15)18-16-9-8-13(2)11-17-16/h4-9,11-12H,3,10H2,1-2H3,(H,17,18). The average molecular weight is 269 g/mol. The van der Waals surface area contributed by atoms with E-state index in [-0.39, 0.29) is 0 Å². The van der Waals surface area contributed by atoms with Crippen molar-refractivity contribution in [3.63, 3.8) is 0 Å². The van der Waals surface area contributed by atoms with Crippen molar-refractivity contribution < 1.29 is 4.79 Å². The first-order valence-electron chi connectivity index (χ1n) is 6.75. The van der Waals surface area contributed by atoms with Crippen LogP contribution in [-0.4, -0.2) is 17.9 Å². The van der Waals surface area contributed by atoms with E-state index in [0.717, 1.165) is 35.6 Å². The molecule has 20 heavy (non-hydrogen) atoms. The Labute approximate surface area is 119 Å². The quantitative estimate of drug-likeness (QED) is 0.816. The van der Waals surface area contributed by atoms with Crippen LogP contribution in [0, 0.1) is 6.92 Å². The van der Waals surface area contributed by atoms with Crippen molar-refractivity contribution in [2.24, 2.45) is 0 Å². The van der Waals surface area contributed by atoms with E-state index in [2.05, 4.69) is 10.3 Å². The Balaban J connectivity index is 2.27. The average Bonchev–Trinajstić information content (AvgIpc) is 2.48. The first kappa shape index (κ1) is 14.1. The second-order valence-electron chi connectivity index (χ2n) is 4.66. The number of carbonyl (C=O) groups is 1. The summed E-state index contributed by atoms with van der Waals surface area (Å²) in [6.45, 7) is 4.75. The lowest BCUT2D eigenvalue weighted by molar-refractivity contribution is -0.107. The van der Waals surface area contributed by atoms with Crippen LogP contribution in [0.25, 0.3) is 0 Å². The van der Waals surface area contributed by atoms with Crippen LogP contribution < -0.4 is 10.2 Å². The van der Waals surface area contributed by atoms with Crippen LogP contribution in [0.4, 0.5) is 17.2 Å². The zero-order valence-corrected chi connectivity index (χ0v) is 11.8. The molecular formula is C16H19N3O. The third-order valence-corrected chi connectivity index (χ3v) is 2.98. The molecule has 0 bridgehead atoms. The lowest BCUT2D eigenvalue weighted by Crippen LogP contribution is -2.22. The molecule has 1 heterocycles. The Morgan fingerprint density at radius 3 is 2.70 bits per heavy atom. The predicted molar refractivity (Wildman–Crippen MR) is 82.4 cm³/mol. The summed E-state index contributed by atoms with van der Waals surface area (Å²) in [5.41, 5.74) is 2.86. The molecule has 1 aromatic heterocycles. The summed E-state index contributed by atoms with van der Waals surface area (Å²) in [5, 5.41) is 3.26. The number of pyridine rings is 1. The molecule has 0 saturated carbocycles. The van der Waals surface area contributed by atoms with E-state index in [9.17, 15) is 4.79 Å². The van der Waals surface area contributed by atoms with Gasteiger partial charge in [-0.15, -0.1) is 0 Å². The van der Waals surface area contributed by atoms with Crippen LogP contribution in [0.1, 0.15) is 18.9 Å². The van der Waals surface area contributed by atoms with E-state index in [1.54, 1.807) is 4.90 Å². The molecule has 2 rings (SSSR count). The maximum absolute atomic E-state index is 11.2. The Morgan fingerprint density at radius 1 is 1.25 bits per heavy atom. The third-order valence-electron chi connectivity index (χ3n) is 2.98. The molecule has 0 spiro atoms. The van der Waals surface area contributed by atoms with Crippen molar-refractivity contribution in [3.05, 3.63) is 48.2 Å². The van der Waals surface area contributed by atoms with Gasteiger partial charge in [-0.05, 0) is 37.1 Å². The minimum atomic E-state index is 0.698. The molecule has 0 radical (unpaired) electrons. The highest BCUT2D eigenvalue weighted by atomic mass is 16.1. The van der Waals surface area contributed by atoms with E-state index in [1.807, 2.05) is 56.4 Å². The number of hydrogen-bond donors (Lipinski definition) is 1. The largest absolute Gasteiger partial charge is 0.339 e. The summed E-state index contributed by atoms with van der Waals surface area (Å²) in [5.74, 6) is 0.769. The van der Waals surface area contributed by atoms with Gasteiger partial charge in [0.2, 0.25) is 6.41 Å². The van der Waals surface area contributed by atoms with Gasteiger partial charge in [0.1, 0.15) is 5.82 Å². The van der Waals surface area contributed by atoms with Crippen LogP contribution in [0.2, 0.25) is 0 Å². The van der Waals surface area contributed by atoms with Crippen molar-refractivity contribution in [2.45, 2.75) is 20.3 Å². The minimum absolute atomic E-state index is 0.698. The first-order valence-corrected chi connectivity index (χ1v) is 6.75. The summed E-state index contributed by atoms with van der Waals surface area (Å²) in [7, 11) is 0. The SMILES string of the molecule is CCCN(C=O)c1ccccc1Nc1ccc(C)cn1. The van der Waals surface area contributed by atoms with Gasteiger partial charge in [-0.2, -0.15) is 0 Å². The Hall–Kier alpha value is -2.36. The van der Waals surface area contributed by atoms with Gasteiger partial charge < -0.3 is 10.2 Å². The zero-order valence-electron chi connectivity index (χ0n) is 11.8. The summed E-state index contributed by atoms with van der Waals surface area (Å²) in [6, 6.07) is 11.7. The third kappa shape index (κ3) is 3.35. The second kappa shape index (κ2) is 6.70. The van der Waals surface area contributed by atoms with Crippen LogP contribution in [-0.2, 0) is 4.79 Å². The van der Waals surface area contributed by atoms with Crippen molar-refractivity contribution in [1.82, 2.24) is 4.98 Å². The molecular weight excluding hydrogens is 250 g/mol. The highest BCUT2D eigenvalue weighted by molar-refractivity contribution is 5.85. The first-order chi connectivity index (χ1) is 9.74. The molecule has 104 valence electrons. The number of nitrogens with zero attached hydrogens (tertiary/aromatic N) is 2. The lowest BCUT2D eigenvalue weighted by Gasteiger charge is -2.20. The molecule has 0 fully saturated rings. The van der Waals surface area contributed by atoms with E-state index in [4.69, 9.17) is 0 Å². The number of aryl methyl sites for hydroxylation is 1. The molecule has 4 heteroatoms. The lowest BCUT2D eigenvalue weighted by atomic mass is 10.2. The normalized spacial score (nSPS) is 10.1. The molecule has 0 aliphatic heterocycles. The Kier molecular flexibility index (Phi) is 4.71. The van der Waals surface area contributed by atoms with Crippen LogP contribution in [0.3, 0.4) is 0 Å². The number of para-hydroxylation sites is 2. The number of amides is 1. The van der Waals surface area contributed by atoms with Gasteiger partial charge in [0.05, 0.1) is 11.4 Å². The fraction of sp³-hybridized carbons (Fsp3) is 0.250. The topological polar surface area (TPSA) is 45.2 Å². The van der Waals surface area contributed by atoms with Gasteiger partial charge in [0.15, 0.2) is 0 Å². The van der Waals surface area contributed by atoms with E-state index in [1.165, 1.54) is 0 Å². The summed E-state index contributed by atoms with van der Waals surface area (Å²) in [4.78, 5) is 17.3. The Morgan fingerprint density at radius 2 is 2.05 bits per heavy atom. The highest BCUT2D eigenvalue weighted by Gasteiger charge is 2.09. The molecule has 0 saturated heterocycles. The number of anilines is 3. The molecule has 1 amide bonds. The fourth-order valence-corrected chi connectivity index (χ4v) is 1.98. The zero-order chi connectivity index (χ0) is 14.4. The van der Waals surface area contributed by atoms with Gasteiger partial charge in [-0.1, -0.05) is 25.1 Å². The van der Waals surface area contributed by atoms with Gasteiger partial charge in [0.25, 0.3) is 0 Å². The number of rotatable bonds is 6. The Bertz CT molecular complexity index is 566. The van der Waals surface area contributed by atoms with Crippen molar-refractivity contribution >= 4 is 23.6 Å². The maximum atomic E-state index is 11.2. The summed E-state index contributed by atoms with van der Waals surface area (Å²) >= 11 is 0. The van der Waals surface area contributed by atoms with Crippen molar-refractivity contribution in [2.75, 3.05) is 16.8 Å². The molecule has 0 atom stereocenters. The minimum Gasteiger partial charge on any atom is -0.339 e.